The van der Waals surface area contributed by atoms with E-state index in [0.717, 1.165) is 12.0 Å². The van der Waals surface area contributed by atoms with Crippen LogP contribution in [0.1, 0.15) is 38.1 Å². The molecule has 0 amide bonds. The Morgan fingerprint density at radius 3 is 2.06 bits per heavy atom. The number of halogens is 2. The molecule has 0 saturated carbocycles. The van der Waals surface area contributed by atoms with Crippen LogP contribution in [0.15, 0.2) is 12.1 Å². The van der Waals surface area contributed by atoms with E-state index >= 15 is 0 Å². The van der Waals surface area contributed by atoms with Gasteiger partial charge in [-0.1, -0.05) is 18.5 Å². The van der Waals surface area contributed by atoms with E-state index in [4.69, 9.17) is 32.7 Å². The number of alkyl halides is 1. The van der Waals surface area contributed by atoms with E-state index in [-0.39, 0.29) is 5.38 Å². The van der Waals surface area contributed by atoms with Crippen LogP contribution in [0.25, 0.3) is 0 Å². The molecule has 0 aromatic heterocycles. The van der Waals surface area contributed by atoms with Crippen molar-refractivity contribution in [3.05, 3.63) is 22.7 Å². The largest absolute Gasteiger partial charge is 0.490 e. The summed E-state index contributed by atoms with van der Waals surface area (Å²) < 4.78 is 11.0. The van der Waals surface area contributed by atoms with Crippen LogP contribution in [0.3, 0.4) is 0 Å². The number of ether oxygens (including phenoxy) is 2. The van der Waals surface area contributed by atoms with Crippen LogP contribution in [0.5, 0.6) is 11.5 Å². The lowest BCUT2D eigenvalue weighted by Crippen LogP contribution is -2.00. The maximum absolute atomic E-state index is 6.22. The van der Waals surface area contributed by atoms with Gasteiger partial charge >= 0.3 is 0 Å². The lowest BCUT2D eigenvalue weighted by atomic mass is 10.1. The van der Waals surface area contributed by atoms with Gasteiger partial charge in [-0.15, -0.1) is 11.6 Å². The molecule has 1 rings (SSSR count). The highest BCUT2D eigenvalue weighted by molar-refractivity contribution is 6.33. The molecule has 4 heteroatoms. The molecule has 0 fully saturated rings. The Labute approximate surface area is 113 Å². The summed E-state index contributed by atoms with van der Waals surface area (Å²) in [5.74, 6) is 1.37. The van der Waals surface area contributed by atoms with Crippen molar-refractivity contribution in [1.82, 2.24) is 0 Å². The molecule has 0 heterocycles. The molecule has 0 saturated heterocycles. The maximum Gasteiger partial charge on any atom is 0.162 e. The first-order valence-corrected chi connectivity index (χ1v) is 6.68. The summed E-state index contributed by atoms with van der Waals surface area (Å²) in [5, 5.41) is 0.524. The molecule has 2 nitrogen and oxygen atoms in total. The summed E-state index contributed by atoms with van der Waals surface area (Å²) in [6, 6.07) is 3.65. The summed E-state index contributed by atoms with van der Waals surface area (Å²) in [7, 11) is 0. The molecule has 1 aromatic carbocycles. The van der Waals surface area contributed by atoms with Crippen LogP contribution < -0.4 is 9.47 Å². The van der Waals surface area contributed by atoms with E-state index in [0.29, 0.717) is 29.7 Å². The van der Waals surface area contributed by atoms with Crippen molar-refractivity contribution in [3.63, 3.8) is 0 Å². The average molecular weight is 277 g/mol. The van der Waals surface area contributed by atoms with E-state index in [2.05, 4.69) is 0 Å². The fourth-order valence-corrected chi connectivity index (χ4v) is 2.07. The molecule has 1 atom stereocenters. The van der Waals surface area contributed by atoms with Crippen molar-refractivity contribution < 1.29 is 9.47 Å². The fourth-order valence-electron chi connectivity index (χ4n) is 1.55. The molecule has 0 N–H and O–H groups in total. The Bertz CT molecular complexity index is 367. The zero-order chi connectivity index (χ0) is 12.8. The molecule has 0 bridgehead atoms. The van der Waals surface area contributed by atoms with Crippen LogP contribution in [-0.4, -0.2) is 13.2 Å². The molecule has 0 aliphatic heterocycles. The second kappa shape index (κ2) is 6.97. The predicted octanol–water partition coefficient (Wildman–Crippen LogP) is 4.83. The first kappa shape index (κ1) is 14.5. The van der Waals surface area contributed by atoms with Gasteiger partial charge in [-0.25, -0.2) is 0 Å². The molecule has 0 spiro atoms. The molecule has 1 unspecified atom stereocenters. The Morgan fingerprint density at radius 2 is 1.59 bits per heavy atom. The van der Waals surface area contributed by atoms with Gasteiger partial charge in [0.15, 0.2) is 11.5 Å². The molecular weight excluding hydrogens is 259 g/mol. The Hall–Kier alpha value is -0.600. The van der Waals surface area contributed by atoms with Gasteiger partial charge in [-0.3, -0.25) is 0 Å². The molecule has 1 aromatic rings. The normalized spacial score (nSPS) is 12.3. The standard InChI is InChI=1S/C13H18Cl2O2/c1-4-10(14)9-7-12(16-5-2)13(17-6-3)8-11(9)15/h7-8,10H,4-6H2,1-3H3. The van der Waals surface area contributed by atoms with Gasteiger partial charge in [0.25, 0.3) is 0 Å². The van der Waals surface area contributed by atoms with Crippen LogP contribution >= 0.6 is 23.2 Å². The minimum Gasteiger partial charge on any atom is -0.490 e. The Kier molecular flexibility index (Phi) is 5.93. The predicted molar refractivity (Wildman–Crippen MR) is 72.7 cm³/mol. The average Bonchev–Trinajstić information content (AvgIpc) is 2.32. The number of rotatable bonds is 6. The van der Waals surface area contributed by atoms with Crippen molar-refractivity contribution in [2.45, 2.75) is 32.6 Å². The molecule has 0 aliphatic carbocycles. The second-order valence-electron chi connectivity index (χ2n) is 3.56. The van der Waals surface area contributed by atoms with Gasteiger partial charge < -0.3 is 9.47 Å². The molecule has 17 heavy (non-hydrogen) atoms. The fraction of sp³-hybridized carbons (Fsp3) is 0.538. The van der Waals surface area contributed by atoms with Gasteiger partial charge in [0, 0.05) is 11.1 Å². The monoisotopic (exact) mass is 276 g/mol. The summed E-state index contributed by atoms with van der Waals surface area (Å²) in [6.45, 7) is 7.04. The SMILES string of the molecule is CCOc1cc(Cl)c(C(Cl)CC)cc1OCC. The highest BCUT2D eigenvalue weighted by Gasteiger charge is 2.15. The number of hydrogen-bond donors (Lipinski definition) is 0. The van der Waals surface area contributed by atoms with Gasteiger partial charge in [0.1, 0.15) is 0 Å². The second-order valence-corrected chi connectivity index (χ2v) is 4.50. The highest BCUT2D eigenvalue weighted by atomic mass is 35.5. The molecule has 0 aliphatic rings. The van der Waals surface area contributed by atoms with Crippen LogP contribution in [0.2, 0.25) is 5.02 Å². The van der Waals surface area contributed by atoms with Gasteiger partial charge in [0.05, 0.1) is 18.6 Å². The first-order valence-electron chi connectivity index (χ1n) is 5.87. The Balaban J connectivity index is 3.14. The van der Waals surface area contributed by atoms with Gasteiger partial charge in [-0.05, 0) is 31.9 Å². The summed E-state index contributed by atoms with van der Waals surface area (Å²) in [5.41, 5.74) is 0.891. The van der Waals surface area contributed by atoms with E-state index in [1.54, 1.807) is 6.07 Å². The van der Waals surface area contributed by atoms with Crippen LogP contribution in [-0.2, 0) is 0 Å². The zero-order valence-corrected chi connectivity index (χ0v) is 11.9. The zero-order valence-electron chi connectivity index (χ0n) is 10.4. The minimum atomic E-state index is -0.0996. The van der Waals surface area contributed by atoms with Gasteiger partial charge in [0.2, 0.25) is 0 Å². The van der Waals surface area contributed by atoms with E-state index in [9.17, 15) is 0 Å². The quantitative estimate of drug-likeness (QED) is 0.693. The van der Waals surface area contributed by atoms with Gasteiger partial charge in [-0.2, -0.15) is 0 Å². The van der Waals surface area contributed by atoms with Crippen LogP contribution in [0, 0.1) is 0 Å². The third kappa shape index (κ3) is 3.68. The van der Waals surface area contributed by atoms with Crippen molar-refractivity contribution in [3.8, 4) is 11.5 Å². The van der Waals surface area contributed by atoms with Crippen molar-refractivity contribution in [2.75, 3.05) is 13.2 Å². The Morgan fingerprint density at radius 1 is 1.06 bits per heavy atom. The van der Waals surface area contributed by atoms with E-state index in [1.165, 1.54) is 0 Å². The highest BCUT2D eigenvalue weighted by Crippen LogP contribution is 2.39. The summed E-state index contributed by atoms with van der Waals surface area (Å²) in [4.78, 5) is 0. The third-order valence-corrected chi connectivity index (χ3v) is 3.23. The smallest absolute Gasteiger partial charge is 0.162 e. The third-order valence-electron chi connectivity index (χ3n) is 2.36. The molecule has 0 radical (unpaired) electrons. The lowest BCUT2D eigenvalue weighted by Gasteiger charge is -2.16. The summed E-state index contributed by atoms with van der Waals surface area (Å²) >= 11 is 12.4. The van der Waals surface area contributed by atoms with E-state index < -0.39 is 0 Å². The number of benzene rings is 1. The van der Waals surface area contributed by atoms with Crippen molar-refractivity contribution in [2.24, 2.45) is 0 Å². The number of hydrogen-bond acceptors (Lipinski definition) is 2. The van der Waals surface area contributed by atoms with Crippen molar-refractivity contribution >= 4 is 23.2 Å². The maximum atomic E-state index is 6.22. The van der Waals surface area contributed by atoms with Crippen LogP contribution in [0.4, 0.5) is 0 Å². The molecule has 96 valence electrons. The summed E-state index contributed by atoms with van der Waals surface area (Å²) in [6.07, 6.45) is 0.820. The minimum absolute atomic E-state index is 0.0996. The lowest BCUT2D eigenvalue weighted by molar-refractivity contribution is 0.287. The molecular formula is C13H18Cl2O2. The van der Waals surface area contributed by atoms with E-state index in [1.807, 2.05) is 26.8 Å². The topological polar surface area (TPSA) is 18.5 Å². The first-order chi connectivity index (χ1) is 8.13. The van der Waals surface area contributed by atoms with Crippen molar-refractivity contribution in [1.29, 1.82) is 0 Å².